The number of methoxy groups -OCH3 is 1. The summed E-state index contributed by atoms with van der Waals surface area (Å²) in [5, 5.41) is 9.13. The van der Waals surface area contributed by atoms with E-state index in [2.05, 4.69) is 71.1 Å². The van der Waals surface area contributed by atoms with Crippen molar-refractivity contribution >= 4 is 28.8 Å². The van der Waals surface area contributed by atoms with Gasteiger partial charge in [-0.1, -0.05) is 48.6 Å². The first-order valence-corrected chi connectivity index (χ1v) is 9.49. The van der Waals surface area contributed by atoms with Crippen LogP contribution in [0, 0.1) is 0 Å². The molecule has 26 heavy (non-hydrogen) atoms. The quantitative estimate of drug-likeness (QED) is 0.604. The molecule has 1 aromatic heterocycles. The van der Waals surface area contributed by atoms with E-state index in [4.69, 9.17) is 9.84 Å². The molecular formula is C22H20N2OS. The van der Waals surface area contributed by atoms with Gasteiger partial charge in [-0.2, -0.15) is 5.10 Å². The number of rotatable bonds is 5. The van der Waals surface area contributed by atoms with E-state index in [9.17, 15) is 0 Å². The number of hydrogen-bond acceptors (Lipinski definition) is 4. The van der Waals surface area contributed by atoms with Gasteiger partial charge in [-0.3, -0.25) is 5.01 Å². The number of nitrogens with zero attached hydrogens (tertiary/aromatic N) is 2. The zero-order valence-corrected chi connectivity index (χ0v) is 15.4. The number of benzene rings is 2. The van der Waals surface area contributed by atoms with Gasteiger partial charge in [0.1, 0.15) is 5.75 Å². The van der Waals surface area contributed by atoms with Crippen molar-refractivity contribution < 1.29 is 4.74 Å². The third-order valence-corrected chi connectivity index (χ3v) is 5.32. The van der Waals surface area contributed by atoms with Crippen LogP contribution in [0.5, 0.6) is 5.75 Å². The first-order valence-electron chi connectivity index (χ1n) is 8.61. The van der Waals surface area contributed by atoms with Crippen molar-refractivity contribution in [1.29, 1.82) is 0 Å². The Hall–Kier alpha value is -2.85. The average molecular weight is 360 g/mol. The summed E-state index contributed by atoms with van der Waals surface area (Å²) >= 11 is 1.74. The van der Waals surface area contributed by atoms with E-state index in [1.54, 1.807) is 18.4 Å². The zero-order chi connectivity index (χ0) is 17.8. The second kappa shape index (κ2) is 7.58. The molecule has 130 valence electrons. The molecule has 0 spiro atoms. The lowest BCUT2D eigenvalue weighted by molar-refractivity contribution is 0.415. The summed E-state index contributed by atoms with van der Waals surface area (Å²) in [6.45, 7) is 0. The highest BCUT2D eigenvalue weighted by Gasteiger charge is 2.26. The van der Waals surface area contributed by atoms with Crippen LogP contribution in [0.1, 0.15) is 16.9 Å². The third kappa shape index (κ3) is 3.55. The van der Waals surface area contributed by atoms with E-state index in [0.29, 0.717) is 0 Å². The summed E-state index contributed by atoms with van der Waals surface area (Å²) in [5.74, 6) is 0.872. The third-order valence-electron chi connectivity index (χ3n) is 4.40. The summed E-state index contributed by atoms with van der Waals surface area (Å²) in [6, 6.07) is 22.9. The van der Waals surface area contributed by atoms with Crippen molar-refractivity contribution in [3.05, 3.63) is 88.6 Å². The number of hydrazone groups is 1. The number of hydrogen-bond donors (Lipinski definition) is 0. The summed E-state index contributed by atoms with van der Waals surface area (Å²) in [7, 11) is 1.69. The average Bonchev–Trinajstić information content (AvgIpc) is 3.37. The molecule has 2 aromatic carbocycles. The van der Waals surface area contributed by atoms with E-state index in [1.807, 2.05) is 18.2 Å². The van der Waals surface area contributed by atoms with Crippen molar-refractivity contribution in [2.75, 3.05) is 12.1 Å². The minimum absolute atomic E-state index is 0.205. The number of thiophene rings is 1. The van der Waals surface area contributed by atoms with Crippen molar-refractivity contribution in [3.8, 4) is 5.75 Å². The molecular weight excluding hydrogens is 340 g/mol. The highest BCUT2D eigenvalue weighted by atomic mass is 32.1. The van der Waals surface area contributed by atoms with Crippen LogP contribution in [-0.4, -0.2) is 18.9 Å². The molecule has 0 radical (unpaired) electrons. The van der Waals surface area contributed by atoms with Crippen LogP contribution in [0.3, 0.4) is 0 Å². The molecule has 1 unspecified atom stereocenters. The van der Waals surface area contributed by atoms with Crippen LogP contribution in [-0.2, 0) is 0 Å². The van der Waals surface area contributed by atoms with Gasteiger partial charge >= 0.3 is 0 Å². The molecule has 1 aliphatic heterocycles. The fourth-order valence-electron chi connectivity index (χ4n) is 3.04. The predicted molar refractivity (Wildman–Crippen MR) is 110 cm³/mol. The molecule has 2 heterocycles. The number of ether oxygens (including phenoxy) is 1. The van der Waals surface area contributed by atoms with E-state index >= 15 is 0 Å². The van der Waals surface area contributed by atoms with Gasteiger partial charge in [0.2, 0.25) is 0 Å². The minimum atomic E-state index is 0.205. The van der Waals surface area contributed by atoms with Crippen molar-refractivity contribution in [2.24, 2.45) is 5.10 Å². The maximum atomic E-state index is 5.23. The summed E-state index contributed by atoms with van der Waals surface area (Å²) in [5.41, 5.74) is 3.42. The smallest absolute Gasteiger partial charge is 0.118 e. The minimum Gasteiger partial charge on any atom is -0.497 e. The topological polar surface area (TPSA) is 24.8 Å². The van der Waals surface area contributed by atoms with Crippen molar-refractivity contribution in [2.45, 2.75) is 12.5 Å². The number of anilines is 1. The molecule has 0 saturated carbocycles. The Morgan fingerprint density at radius 1 is 1.04 bits per heavy atom. The first kappa shape index (κ1) is 16.6. The Morgan fingerprint density at radius 2 is 1.85 bits per heavy atom. The van der Waals surface area contributed by atoms with Crippen LogP contribution in [0.25, 0.3) is 6.08 Å². The summed E-state index contributed by atoms with van der Waals surface area (Å²) in [4.78, 5) is 1.24. The van der Waals surface area contributed by atoms with Gasteiger partial charge in [-0.25, -0.2) is 0 Å². The van der Waals surface area contributed by atoms with Crippen LogP contribution < -0.4 is 9.75 Å². The lowest BCUT2D eigenvalue weighted by atomic mass is 10.1. The van der Waals surface area contributed by atoms with Crippen LogP contribution in [0.4, 0.5) is 5.69 Å². The van der Waals surface area contributed by atoms with E-state index < -0.39 is 0 Å². The largest absolute Gasteiger partial charge is 0.497 e. The van der Waals surface area contributed by atoms with Crippen molar-refractivity contribution in [1.82, 2.24) is 0 Å². The maximum Gasteiger partial charge on any atom is 0.118 e. The van der Waals surface area contributed by atoms with E-state index in [-0.39, 0.29) is 6.04 Å². The van der Waals surface area contributed by atoms with Gasteiger partial charge < -0.3 is 4.74 Å². The van der Waals surface area contributed by atoms with E-state index in [0.717, 1.165) is 29.1 Å². The van der Waals surface area contributed by atoms with Gasteiger partial charge in [0, 0.05) is 6.42 Å². The lowest BCUT2D eigenvalue weighted by Crippen LogP contribution is -2.23. The zero-order valence-electron chi connectivity index (χ0n) is 14.6. The standard InChI is InChI=1S/C22H20N2OS/c1-25-20-13-10-17(11-14-20)9-12-19-16-21(22-8-5-15-26-22)23-24(19)18-6-3-2-4-7-18/h2-15,19H,16H2,1H3. The molecule has 4 rings (SSSR count). The summed E-state index contributed by atoms with van der Waals surface area (Å²) in [6.07, 6.45) is 5.30. The van der Waals surface area contributed by atoms with Gasteiger partial charge in [-0.15, -0.1) is 11.3 Å². The highest BCUT2D eigenvalue weighted by Crippen LogP contribution is 2.29. The predicted octanol–water partition coefficient (Wildman–Crippen LogP) is 5.45. The molecule has 3 aromatic rings. The van der Waals surface area contributed by atoms with Gasteiger partial charge in [0.05, 0.1) is 29.4 Å². The SMILES string of the molecule is COc1ccc(C=CC2CC(c3cccs3)=NN2c2ccccc2)cc1. The maximum absolute atomic E-state index is 5.23. The van der Waals surface area contributed by atoms with E-state index in [1.165, 1.54) is 4.88 Å². The molecule has 1 aliphatic rings. The first-order chi connectivity index (χ1) is 12.8. The molecule has 3 nitrogen and oxygen atoms in total. The lowest BCUT2D eigenvalue weighted by Gasteiger charge is -2.20. The van der Waals surface area contributed by atoms with Crippen LogP contribution in [0.15, 0.2) is 83.3 Å². The fourth-order valence-corrected chi connectivity index (χ4v) is 3.76. The molecule has 4 heteroatoms. The molecule has 0 amide bonds. The monoisotopic (exact) mass is 360 g/mol. The molecule has 0 aliphatic carbocycles. The Morgan fingerprint density at radius 3 is 2.54 bits per heavy atom. The fraction of sp³-hybridized carbons (Fsp3) is 0.136. The molecule has 0 fully saturated rings. The van der Waals surface area contributed by atoms with Crippen molar-refractivity contribution in [3.63, 3.8) is 0 Å². The Kier molecular flexibility index (Phi) is 4.84. The second-order valence-corrected chi connectivity index (χ2v) is 7.06. The van der Waals surface area contributed by atoms with Gasteiger partial charge in [0.25, 0.3) is 0 Å². The van der Waals surface area contributed by atoms with Crippen LogP contribution >= 0.6 is 11.3 Å². The summed E-state index contributed by atoms with van der Waals surface area (Å²) < 4.78 is 5.23. The molecule has 1 atom stereocenters. The second-order valence-electron chi connectivity index (χ2n) is 6.11. The van der Waals surface area contributed by atoms with Gasteiger partial charge in [0.15, 0.2) is 0 Å². The Balaban J connectivity index is 1.60. The molecule has 0 bridgehead atoms. The van der Waals surface area contributed by atoms with Crippen LogP contribution in [0.2, 0.25) is 0 Å². The Bertz CT molecular complexity index is 899. The number of para-hydroxylation sites is 1. The molecule has 0 N–H and O–H groups in total. The Labute approximate surface area is 157 Å². The van der Waals surface area contributed by atoms with Gasteiger partial charge in [-0.05, 0) is 41.3 Å². The normalized spacial score (nSPS) is 16.9. The molecule has 0 saturated heterocycles. The highest BCUT2D eigenvalue weighted by molar-refractivity contribution is 7.12.